The van der Waals surface area contributed by atoms with Crippen LogP contribution in [0.15, 0.2) is 146 Å². The lowest BCUT2D eigenvalue weighted by molar-refractivity contribution is -0.567. The SMILES string of the molecule is [2H]C([2H])([2H])C([2H])(c1cccc(C([2H])(C([2H])([2H])[2H])C([2H])([2H])[2H])c1-n1c[n+](-c2cc(Oc3ccc4c5ccccc5n(-c5cc(C(C)(C)C)ccn5)c4c3)cc(-c3c(C(C)C)cccc3C(C)C)c2)c2ccccc21)C([2H])([2H])[2H]. The normalized spacial score (nSPS) is 16.7. The fourth-order valence-electron chi connectivity index (χ4n) is 8.92. The number of hydrogen-bond donors (Lipinski definition) is 0. The first-order valence-electron chi connectivity index (χ1n) is 28.4. The fraction of sp³-hybridized carbons (Fsp3) is 0.276. The maximum Gasteiger partial charge on any atom is 0.255 e. The molecule has 0 radical (unpaired) electrons. The second-order valence-corrected chi connectivity index (χ2v) is 17.9. The van der Waals surface area contributed by atoms with Crippen molar-refractivity contribution in [1.82, 2.24) is 14.1 Å². The molecule has 0 saturated heterocycles. The molecule has 0 bridgehead atoms. The lowest BCUT2D eigenvalue weighted by atomic mass is 9.85. The predicted octanol–water partition coefficient (Wildman–Crippen LogP) is 15.6. The second-order valence-electron chi connectivity index (χ2n) is 17.9. The number of para-hydroxylation sites is 4. The molecule has 318 valence electrons. The minimum atomic E-state index is -3.59. The highest BCUT2D eigenvalue weighted by Crippen LogP contribution is 2.41. The fourth-order valence-corrected chi connectivity index (χ4v) is 8.92. The van der Waals surface area contributed by atoms with Gasteiger partial charge in [0.2, 0.25) is 0 Å². The molecule has 0 amide bonds. The van der Waals surface area contributed by atoms with Gasteiger partial charge >= 0.3 is 0 Å². The molecule has 63 heavy (non-hydrogen) atoms. The molecule has 6 aromatic carbocycles. The number of benzene rings is 6. The van der Waals surface area contributed by atoms with Gasteiger partial charge in [-0.3, -0.25) is 4.57 Å². The van der Waals surface area contributed by atoms with E-state index in [-0.39, 0.29) is 22.8 Å². The van der Waals surface area contributed by atoms with Crippen molar-refractivity contribution < 1.29 is 28.5 Å². The first-order chi connectivity index (χ1) is 35.8. The minimum absolute atomic E-state index is 0.0825. The van der Waals surface area contributed by atoms with Gasteiger partial charge in [0.1, 0.15) is 28.7 Å². The van der Waals surface area contributed by atoms with Crippen LogP contribution in [0.1, 0.15) is 147 Å². The third-order valence-electron chi connectivity index (χ3n) is 12.0. The molecule has 0 aliphatic rings. The summed E-state index contributed by atoms with van der Waals surface area (Å²) in [6, 6.07) is 40.3. The average molecular weight is 844 g/mol. The average Bonchev–Trinajstić information content (AvgIpc) is 3.98. The van der Waals surface area contributed by atoms with Crippen LogP contribution in [0, 0.1) is 0 Å². The molecule has 0 spiro atoms. The van der Waals surface area contributed by atoms with Crippen LogP contribution < -0.4 is 9.30 Å². The zero-order chi connectivity index (χ0) is 56.2. The Balaban J connectivity index is 1.35. The van der Waals surface area contributed by atoms with E-state index in [1.54, 1.807) is 28.8 Å². The summed E-state index contributed by atoms with van der Waals surface area (Å²) in [6.07, 6.45) is 3.31. The molecule has 9 rings (SSSR count). The number of rotatable bonds is 10. The van der Waals surface area contributed by atoms with E-state index in [9.17, 15) is 2.74 Å². The summed E-state index contributed by atoms with van der Waals surface area (Å²) < 4.78 is 134. The zero-order valence-corrected chi connectivity index (χ0v) is 36.7. The highest BCUT2D eigenvalue weighted by molar-refractivity contribution is 6.09. The largest absolute Gasteiger partial charge is 0.457 e. The van der Waals surface area contributed by atoms with Crippen molar-refractivity contribution in [2.75, 3.05) is 0 Å². The third-order valence-corrected chi connectivity index (χ3v) is 12.0. The molecule has 5 nitrogen and oxygen atoms in total. The van der Waals surface area contributed by atoms with Gasteiger partial charge in [0.05, 0.1) is 11.0 Å². The van der Waals surface area contributed by atoms with Gasteiger partial charge in [0, 0.05) is 59.4 Å². The van der Waals surface area contributed by atoms with Gasteiger partial charge in [-0.2, -0.15) is 9.13 Å². The van der Waals surface area contributed by atoms with Gasteiger partial charge in [-0.1, -0.05) is 143 Å². The second kappa shape index (κ2) is 16.3. The molecular weight excluding hydrogens is 769 g/mol. The lowest BCUT2D eigenvalue weighted by Crippen LogP contribution is -2.29. The van der Waals surface area contributed by atoms with E-state index in [0.717, 1.165) is 73.6 Å². The molecule has 0 saturated carbocycles. The van der Waals surface area contributed by atoms with Gasteiger partial charge in [0.15, 0.2) is 11.0 Å². The summed E-state index contributed by atoms with van der Waals surface area (Å²) >= 11 is 0. The van der Waals surface area contributed by atoms with Crippen LogP contribution in [0.4, 0.5) is 0 Å². The van der Waals surface area contributed by atoms with Crippen LogP contribution >= 0.6 is 0 Å². The van der Waals surface area contributed by atoms with E-state index in [0.29, 0.717) is 22.7 Å². The van der Waals surface area contributed by atoms with Crippen LogP contribution in [0.5, 0.6) is 11.5 Å². The van der Waals surface area contributed by atoms with Crippen molar-refractivity contribution in [3.05, 3.63) is 174 Å². The first-order valence-corrected chi connectivity index (χ1v) is 21.4. The van der Waals surface area contributed by atoms with Crippen molar-refractivity contribution in [3.63, 3.8) is 0 Å². The van der Waals surface area contributed by atoms with Crippen LogP contribution in [0.2, 0.25) is 0 Å². The van der Waals surface area contributed by atoms with Crippen molar-refractivity contribution in [2.24, 2.45) is 0 Å². The zero-order valence-electron chi connectivity index (χ0n) is 50.7. The van der Waals surface area contributed by atoms with E-state index in [4.69, 9.17) is 26.2 Å². The van der Waals surface area contributed by atoms with Gasteiger partial charge in [-0.25, -0.2) is 4.98 Å². The molecule has 9 aromatic rings. The summed E-state index contributed by atoms with van der Waals surface area (Å²) in [4.78, 5) is 4.86. The maximum absolute atomic E-state index is 9.48. The number of fused-ring (bicyclic) bond motifs is 4. The Morgan fingerprint density at radius 1 is 0.619 bits per heavy atom. The Hall–Kier alpha value is -6.46. The predicted molar refractivity (Wildman–Crippen MR) is 264 cm³/mol. The number of hydrogen-bond acceptors (Lipinski definition) is 2. The van der Waals surface area contributed by atoms with Gasteiger partial charge < -0.3 is 4.74 Å². The number of nitrogens with zero attached hydrogens (tertiary/aromatic N) is 4. The lowest BCUT2D eigenvalue weighted by Gasteiger charge is -2.21. The summed E-state index contributed by atoms with van der Waals surface area (Å²) in [7, 11) is 0. The van der Waals surface area contributed by atoms with E-state index >= 15 is 0 Å². The van der Waals surface area contributed by atoms with Crippen molar-refractivity contribution in [3.8, 4) is 39.8 Å². The van der Waals surface area contributed by atoms with E-state index in [1.807, 2.05) is 66.9 Å². The number of imidazole rings is 1. The third kappa shape index (κ3) is 7.62. The Morgan fingerprint density at radius 2 is 1.25 bits per heavy atom. The van der Waals surface area contributed by atoms with Gasteiger partial charge in [-0.15, -0.1) is 0 Å². The van der Waals surface area contributed by atoms with Crippen LogP contribution in [-0.2, 0) is 5.41 Å². The molecule has 3 heterocycles. The Morgan fingerprint density at radius 3 is 1.92 bits per heavy atom. The molecule has 0 atom stereocenters. The molecule has 0 fully saturated rings. The number of aromatic nitrogens is 4. The summed E-state index contributed by atoms with van der Waals surface area (Å²) in [5.74, 6) is -5.09. The van der Waals surface area contributed by atoms with E-state index < -0.39 is 56.0 Å². The molecule has 0 unspecified atom stereocenters. The number of pyridine rings is 1. The Kier molecular flexibility index (Phi) is 7.34. The quantitative estimate of drug-likeness (QED) is 0.129. The van der Waals surface area contributed by atoms with Crippen LogP contribution in [0.25, 0.3) is 61.2 Å². The summed E-state index contributed by atoms with van der Waals surface area (Å²) in [6.45, 7) is 0.632. The minimum Gasteiger partial charge on any atom is -0.457 e. The first kappa shape index (κ1) is 28.3. The maximum atomic E-state index is 9.48. The molecular formula is C58H61N4O+. The number of ether oxygens (including phenoxy) is 1. The van der Waals surface area contributed by atoms with Gasteiger partial charge in [-0.05, 0) is 111 Å². The summed E-state index contributed by atoms with van der Waals surface area (Å²) in [5, 5.41) is 2.02. The topological polar surface area (TPSA) is 35.9 Å². The van der Waals surface area contributed by atoms with Crippen LogP contribution in [0.3, 0.4) is 0 Å². The van der Waals surface area contributed by atoms with E-state index in [1.165, 1.54) is 10.9 Å². The Labute approximate surface area is 393 Å². The molecule has 0 aliphatic carbocycles. The monoisotopic (exact) mass is 844 g/mol. The highest BCUT2D eigenvalue weighted by Gasteiger charge is 2.27. The van der Waals surface area contributed by atoms with E-state index in [2.05, 4.69) is 83.4 Å². The Bertz CT molecular complexity index is 3610. The smallest absolute Gasteiger partial charge is 0.255 e. The van der Waals surface area contributed by atoms with Crippen LogP contribution in [-0.4, -0.2) is 14.1 Å². The van der Waals surface area contributed by atoms with Gasteiger partial charge in [0.25, 0.3) is 6.33 Å². The summed E-state index contributed by atoms with van der Waals surface area (Å²) in [5.41, 5.74) is 5.90. The highest BCUT2D eigenvalue weighted by atomic mass is 16.5. The van der Waals surface area contributed by atoms with Crippen molar-refractivity contribution in [1.29, 1.82) is 0 Å². The molecule has 5 heteroatoms. The molecule has 0 aliphatic heterocycles. The van der Waals surface area contributed by atoms with Crippen molar-refractivity contribution in [2.45, 2.75) is 105 Å². The standard InChI is InChI=1S/C58H61N4O/c1-36(2)45-19-16-20-46(37(3)4)56(45)40-30-42(60-35-61(53-25-15-14-24-52(53)60)57-47(38(5)6)21-17-22-48(57)39(7)8)33-44(31-40)63-43-26-27-50-49-18-12-13-23-51(49)62(54(50)34-43)55-32-41(28-29-59-55)58(9,10)11/h12-39H,1-11H3/q+1/i5D3,6D3,7D3,8D3,38D,39D. The molecule has 0 N–H and O–H groups in total. The van der Waals surface area contributed by atoms with Crippen molar-refractivity contribution >= 4 is 32.8 Å². The molecule has 3 aromatic heterocycles.